The minimum atomic E-state index is -0.232. The summed E-state index contributed by atoms with van der Waals surface area (Å²) >= 11 is 9.78. The van der Waals surface area contributed by atoms with Crippen LogP contribution in [-0.2, 0) is 6.61 Å². The molecule has 0 aliphatic carbocycles. The molecule has 0 aliphatic rings. The first-order chi connectivity index (χ1) is 14.9. The molecule has 0 fully saturated rings. The van der Waals surface area contributed by atoms with Gasteiger partial charge in [-0.3, -0.25) is 4.79 Å². The van der Waals surface area contributed by atoms with Gasteiger partial charge in [0.05, 0.1) is 22.1 Å². The van der Waals surface area contributed by atoms with Crippen LogP contribution >= 0.6 is 27.5 Å². The van der Waals surface area contributed by atoms with E-state index < -0.39 is 0 Å². The van der Waals surface area contributed by atoms with Crippen LogP contribution in [0.25, 0.3) is 10.9 Å². The molecule has 0 aliphatic heterocycles. The summed E-state index contributed by atoms with van der Waals surface area (Å²) in [6.45, 7) is 4.22. The van der Waals surface area contributed by atoms with Crippen molar-refractivity contribution in [2.75, 3.05) is 0 Å². The summed E-state index contributed by atoms with van der Waals surface area (Å²) in [6, 6.07) is 18.9. The van der Waals surface area contributed by atoms with E-state index >= 15 is 0 Å². The highest BCUT2D eigenvalue weighted by atomic mass is 79.9. The smallest absolute Gasteiger partial charge is 0.282 e. The maximum Gasteiger partial charge on any atom is 0.282 e. The van der Waals surface area contributed by atoms with Gasteiger partial charge in [0.25, 0.3) is 5.56 Å². The Hall–Kier alpha value is -2.96. The van der Waals surface area contributed by atoms with Crippen LogP contribution in [0.15, 0.2) is 75.0 Å². The fourth-order valence-electron chi connectivity index (χ4n) is 3.08. The third-order valence-corrected chi connectivity index (χ3v) is 5.55. The minimum Gasteiger partial charge on any atom is -0.487 e. The number of ether oxygens (including phenoxy) is 1. The molecule has 4 rings (SSSR count). The van der Waals surface area contributed by atoms with Crippen LogP contribution in [0.3, 0.4) is 0 Å². The number of halogens is 2. The second-order valence-corrected chi connectivity index (χ2v) is 8.47. The van der Waals surface area contributed by atoms with E-state index in [2.05, 4.69) is 26.0 Å². The zero-order valence-corrected chi connectivity index (χ0v) is 19.3. The lowest BCUT2D eigenvalue weighted by Crippen LogP contribution is -2.20. The van der Waals surface area contributed by atoms with Gasteiger partial charge in [0.15, 0.2) is 0 Å². The van der Waals surface area contributed by atoms with Gasteiger partial charge in [-0.1, -0.05) is 57.4 Å². The Morgan fingerprint density at radius 1 is 1.10 bits per heavy atom. The Bertz CT molecular complexity index is 1350. The molecular formula is C24H19BrClN3O2. The van der Waals surface area contributed by atoms with Crippen LogP contribution in [0.2, 0.25) is 5.02 Å². The molecule has 1 aromatic heterocycles. The Kier molecular flexibility index (Phi) is 6.20. The molecule has 4 aromatic rings. The molecule has 0 bridgehead atoms. The van der Waals surface area contributed by atoms with Gasteiger partial charge in [0, 0.05) is 4.47 Å². The zero-order chi connectivity index (χ0) is 22.0. The SMILES string of the molecule is Cc1ccc(COc2ccc(C=Nn3c(C)nc4ccc(Br)cc4c3=O)cc2Cl)cc1. The molecule has 0 spiro atoms. The predicted molar refractivity (Wildman–Crippen MR) is 128 cm³/mol. The van der Waals surface area contributed by atoms with Crippen molar-refractivity contribution < 1.29 is 4.74 Å². The quantitative estimate of drug-likeness (QED) is 0.324. The Labute approximate surface area is 193 Å². The molecule has 31 heavy (non-hydrogen) atoms. The van der Waals surface area contributed by atoms with Crippen LogP contribution in [0.4, 0.5) is 0 Å². The molecule has 156 valence electrons. The van der Waals surface area contributed by atoms with Crippen molar-refractivity contribution in [2.24, 2.45) is 5.10 Å². The number of nitrogens with zero attached hydrogens (tertiary/aromatic N) is 3. The number of rotatable bonds is 5. The van der Waals surface area contributed by atoms with Gasteiger partial charge in [0.1, 0.15) is 18.2 Å². The standard InChI is InChI=1S/C24H19BrClN3O2/c1-15-3-5-17(6-4-15)14-31-23-10-7-18(11-21(23)26)13-27-29-16(2)28-22-9-8-19(25)12-20(22)24(29)30/h3-13H,14H2,1-2H3. The number of hydrogen-bond donors (Lipinski definition) is 0. The van der Waals surface area contributed by atoms with Crippen molar-refractivity contribution >= 4 is 44.6 Å². The molecule has 0 N–H and O–H groups in total. The highest BCUT2D eigenvalue weighted by Crippen LogP contribution is 2.26. The van der Waals surface area contributed by atoms with Crippen molar-refractivity contribution in [3.63, 3.8) is 0 Å². The largest absolute Gasteiger partial charge is 0.487 e. The highest BCUT2D eigenvalue weighted by Gasteiger charge is 2.08. The van der Waals surface area contributed by atoms with Gasteiger partial charge >= 0.3 is 0 Å². The average Bonchev–Trinajstić information content (AvgIpc) is 2.75. The molecule has 0 saturated carbocycles. The second-order valence-electron chi connectivity index (χ2n) is 7.15. The highest BCUT2D eigenvalue weighted by molar-refractivity contribution is 9.10. The van der Waals surface area contributed by atoms with E-state index in [0.29, 0.717) is 34.1 Å². The first kappa shape index (κ1) is 21.3. The Balaban J connectivity index is 1.55. The first-order valence-electron chi connectivity index (χ1n) is 9.62. The summed E-state index contributed by atoms with van der Waals surface area (Å²) in [5.41, 5.74) is 3.42. The lowest BCUT2D eigenvalue weighted by Gasteiger charge is -2.09. The van der Waals surface area contributed by atoms with E-state index in [9.17, 15) is 4.79 Å². The van der Waals surface area contributed by atoms with Gasteiger partial charge in [-0.2, -0.15) is 9.78 Å². The van der Waals surface area contributed by atoms with Gasteiger partial charge in [-0.15, -0.1) is 0 Å². The van der Waals surface area contributed by atoms with Crippen LogP contribution in [0.5, 0.6) is 5.75 Å². The van der Waals surface area contributed by atoms with E-state index in [0.717, 1.165) is 15.6 Å². The van der Waals surface area contributed by atoms with Gasteiger partial charge < -0.3 is 4.74 Å². The lowest BCUT2D eigenvalue weighted by molar-refractivity contribution is 0.306. The van der Waals surface area contributed by atoms with Crippen molar-refractivity contribution in [3.05, 3.63) is 103 Å². The summed E-state index contributed by atoms with van der Waals surface area (Å²) in [6.07, 6.45) is 1.58. The van der Waals surface area contributed by atoms with Crippen molar-refractivity contribution in [2.45, 2.75) is 20.5 Å². The molecule has 1 heterocycles. The molecule has 5 nitrogen and oxygen atoms in total. The summed E-state index contributed by atoms with van der Waals surface area (Å²) in [4.78, 5) is 17.3. The van der Waals surface area contributed by atoms with Crippen molar-refractivity contribution in [1.29, 1.82) is 0 Å². The van der Waals surface area contributed by atoms with E-state index in [1.807, 2.05) is 43.3 Å². The molecule has 0 radical (unpaired) electrons. The zero-order valence-electron chi connectivity index (χ0n) is 17.0. The second kappa shape index (κ2) is 9.04. The van der Waals surface area contributed by atoms with E-state index in [1.165, 1.54) is 10.2 Å². The predicted octanol–water partition coefficient (Wildman–Crippen LogP) is 5.89. The van der Waals surface area contributed by atoms with Gasteiger partial charge in [-0.25, -0.2) is 4.98 Å². The maximum atomic E-state index is 12.8. The first-order valence-corrected chi connectivity index (χ1v) is 10.8. The van der Waals surface area contributed by atoms with E-state index in [4.69, 9.17) is 16.3 Å². The summed E-state index contributed by atoms with van der Waals surface area (Å²) < 4.78 is 7.93. The lowest BCUT2D eigenvalue weighted by atomic mass is 10.2. The van der Waals surface area contributed by atoms with Gasteiger partial charge in [0.2, 0.25) is 0 Å². The van der Waals surface area contributed by atoms with Crippen LogP contribution in [0.1, 0.15) is 22.5 Å². The maximum absolute atomic E-state index is 12.8. The topological polar surface area (TPSA) is 56.5 Å². The number of aryl methyl sites for hydroxylation is 2. The Morgan fingerprint density at radius 3 is 2.61 bits per heavy atom. The molecule has 0 amide bonds. The number of benzene rings is 3. The molecular weight excluding hydrogens is 478 g/mol. The number of hydrogen-bond acceptors (Lipinski definition) is 4. The normalized spacial score (nSPS) is 11.4. The summed E-state index contributed by atoms with van der Waals surface area (Å²) in [5.74, 6) is 1.09. The number of fused-ring (bicyclic) bond motifs is 1. The summed E-state index contributed by atoms with van der Waals surface area (Å²) in [7, 11) is 0. The van der Waals surface area contributed by atoms with Crippen LogP contribution in [-0.4, -0.2) is 15.9 Å². The third kappa shape index (κ3) is 4.86. The molecule has 0 saturated heterocycles. The van der Waals surface area contributed by atoms with Gasteiger partial charge in [-0.05, 0) is 61.4 Å². The molecule has 3 aromatic carbocycles. The fraction of sp³-hybridized carbons (Fsp3) is 0.125. The van der Waals surface area contributed by atoms with Crippen LogP contribution in [0, 0.1) is 13.8 Å². The molecule has 0 unspecified atom stereocenters. The Morgan fingerprint density at radius 2 is 1.87 bits per heavy atom. The number of aromatic nitrogens is 2. The summed E-state index contributed by atoms with van der Waals surface area (Å²) in [5, 5.41) is 5.30. The monoisotopic (exact) mass is 495 g/mol. The molecule has 0 atom stereocenters. The fourth-order valence-corrected chi connectivity index (χ4v) is 3.68. The minimum absolute atomic E-state index is 0.232. The van der Waals surface area contributed by atoms with Crippen molar-refractivity contribution in [3.8, 4) is 5.75 Å². The molecule has 7 heteroatoms. The third-order valence-electron chi connectivity index (χ3n) is 4.76. The van der Waals surface area contributed by atoms with E-state index in [-0.39, 0.29) is 5.56 Å². The van der Waals surface area contributed by atoms with E-state index in [1.54, 1.807) is 37.4 Å². The average molecular weight is 497 g/mol. The van der Waals surface area contributed by atoms with Crippen LogP contribution < -0.4 is 10.3 Å². The van der Waals surface area contributed by atoms with Crippen molar-refractivity contribution in [1.82, 2.24) is 9.66 Å².